The zero-order chi connectivity index (χ0) is 16.7. The molecule has 1 saturated heterocycles. The lowest BCUT2D eigenvalue weighted by molar-refractivity contribution is 0.0545. The summed E-state index contributed by atoms with van der Waals surface area (Å²) in [7, 11) is 0. The van der Waals surface area contributed by atoms with E-state index >= 15 is 0 Å². The quantitative estimate of drug-likeness (QED) is 0.818. The Morgan fingerprint density at radius 3 is 2.87 bits per heavy atom. The van der Waals surface area contributed by atoms with E-state index in [-0.39, 0.29) is 6.03 Å². The van der Waals surface area contributed by atoms with E-state index in [4.69, 9.17) is 4.74 Å². The first-order valence-electron chi connectivity index (χ1n) is 8.44. The van der Waals surface area contributed by atoms with Crippen LogP contribution in [-0.2, 0) is 4.74 Å². The molecule has 2 amide bonds. The summed E-state index contributed by atoms with van der Waals surface area (Å²) in [4.78, 5) is 20.9. The number of nitrogens with zero attached hydrogens (tertiary/aromatic N) is 3. The van der Waals surface area contributed by atoms with Gasteiger partial charge in [-0.15, -0.1) is 0 Å². The second-order valence-corrected chi connectivity index (χ2v) is 5.89. The number of pyridine rings is 1. The highest BCUT2D eigenvalue weighted by atomic mass is 16.5. The summed E-state index contributed by atoms with van der Waals surface area (Å²) < 4.78 is 5.45. The molecule has 1 atom stereocenters. The Bertz CT molecular complexity index is 492. The van der Waals surface area contributed by atoms with Crippen LogP contribution >= 0.6 is 0 Å². The number of anilines is 1. The van der Waals surface area contributed by atoms with Gasteiger partial charge in [0, 0.05) is 45.0 Å². The molecule has 0 saturated carbocycles. The molecule has 0 unspecified atom stereocenters. The van der Waals surface area contributed by atoms with Crippen LogP contribution in [0.25, 0.3) is 0 Å². The predicted octanol–water partition coefficient (Wildman–Crippen LogP) is 2.35. The number of nitrogens with one attached hydrogen (secondary N) is 1. The molecule has 6 nitrogen and oxygen atoms in total. The van der Waals surface area contributed by atoms with Crippen molar-refractivity contribution in [2.45, 2.75) is 33.2 Å². The fourth-order valence-corrected chi connectivity index (χ4v) is 2.82. The first-order valence-corrected chi connectivity index (χ1v) is 8.44. The van der Waals surface area contributed by atoms with Gasteiger partial charge in [-0.25, -0.2) is 9.78 Å². The highest BCUT2D eigenvalue weighted by Crippen LogP contribution is 2.14. The summed E-state index contributed by atoms with van der Waals surface area (Å²) in [5, 5.41) is 2.88. The summed E-state index contributed by atoms with van der Waals surface area (Å²) in [6.45, 7) is 11.0. The Kier molecular flexibility index (Phi) is 6.80. The molecule has 0 aromatic carbocycles. The molecular weight excluding hydrogens is 292 g/mol. The van der Waals surface area contributed by atoms with Crippen molar-refractivity contribution in [3.05, 3.63) is 23.9 Å². The van der Waals surface area contributed by atoms with Crippen molar-refractivity contribution in [3.8, 4) is 0 Å². The maximum absolute atomic E-state index is 12.4. The summed E-state index contributed by atoms with van der Waals surface area (Å²) in [6, 6.07) is 4.11. The van der Waals surface area contributed by atoms with Crippen LogP contribution in [0.5, 0.6) is 0 Å². The van der Waals surface area contributed by atoms with E-state index in [9.17, 15) is 4.79 Å². The minimum absolute atomic E-state index is 0.0655. The van der Waals surface area contributed by atoms with Gasteiger partial charge in [0.15, 0.2) is 0 Å². The standard InChI is InChI=1S/C17H28N4O2/c1-4-15-13-21(9-8-20(15)10-11-23-5-2)17(22)19-16-7-6-14(3)12-18-16/h6-7,12,15H,4-5,8-11,13H2,1-3H3,(H,18,19,22)/t15-/m0/s1. The lowest BCUT2D eigenvalue weighted by Crippen LogP contribution is -2.56. The minimum Gasteiger partial charge on any atom is -0.380 e. The molecule has 1 aliphatic rings. The van der Waals surface area contributed by atoms with Crippen LogP contribution in [0.1, 0.15) is 25.8 Å². The normalized spacial score (nSPS) is 18.9. The molecule has 128 valence electrons. The van der Waals surface area contributed by atoms with Gasteiger partial charge in [-0.05, 0) is 31.9 Å². The first kappa shape index (κ1) is 17.7. The van der Waals surface area contributed by atoms with Crippen molar-refractivity contribution in [3.63, 3.8) is 0 Å². The zero-order valence-corrected chi connectivity index (χ0v) is 14.4. The molecule has 1 N–H and O–H groups in total. The number of hydrogen-bond acceptors (Lipinski definition) is 4. The Morgan fingerprint density at radius 2 is 2.22 bits per heavy atom. The monoisotopic (exact) mass is 320 g/mol. The minimum atomic E-state index is -0.0655. The lowest BCUT2D eigenvalue weighted by Gasteiger charge is -2.41. The summed E-state index contributed by atoms with van der Waals surface area (Å²) in [6.07, 6.45) is 2.79. The van der Waals surface area contributed by atoms with E-state index < -0.39 is 0 Å². The molecule has 0 aliphatic carbocycles. The topological polar surface area (TPSA) is 57.7 Å². The maximum atomic E-state index is 12.4. The SMILES string of the molecule is CCOCCN1CCN(C(=O)Nc2ccc(C)cn2)C[C@@H]1CC. The number of piperazine rings is 1. The van der Waals surface area contributed by atoms with Crippen molar-refractivity contribution in [2.75, 3.05) is 44.7 Å². The number of carbonyl (C=O) groups excluding carboxylic acids is 1. The largest absolute Gasteiger partial charge is 0.380 e. The Hall–Kier alpha value is -1.66. The van der Waals surface area contributed by atoms with Crippen molar-refractivity contribution in [1.29, 1.82) is 0 Å². The Labute approximate surface area is 138 Å². The molecule has 2 rings (SSSR count). The molecule has 0 bridgehead atoms. The molecule has 1 fully saturated rings. The van der Waals surface area contributed by atoms with Crippen LogP contribution in [0.15, 0.2) is 18.3 Å². The second kappa shape index (κ2) is 8.84. The van der Waals surface area contributed by atoms with Crippen LogP contribution in [0.3, 0.4) is 0 Å². The van der Waals surface area contributed by atoms with E-state index in [2.05, 4.69) is 22.1 Å². The number of hydrogen-bond donors (Lipinski definition) is 1. The second-order valence-electron chi connectivity index (χ2n) is 5.89. The van der Waals surface area contributed by atoms with Crippen LogP contribution in [0.4, 0.5) is 10.6 Å². The third-order valence-corrected chi connectivity index (χ3v) is 4.24. The fraction of sp³-hybridized carbons (Fsp3) is 0.647. The molecular formula is C17H28N4O2. The average molecular weight is 320 g/mol. The van der Waals surface area contributed by atoms with Gasteiger partial charge < -0.3 is 9.64 Å². The van der Waals surface area contributed by atoms with E-state index in [1.54, 1.807) is 6.20 Å². The fourth-order valence-electron chi connectivity index (χ4n) is 2.82. The third kappa shape index (κ3) is 5.18. The highest BCUT2D eigenvalue weighted by Gasteiger charge is 2.28. The number of aromatic nitrogens is 1. The molecule has 0 spiro atoms. The van der Waals surface area contributed by atoms with Gasteiger partial charge in [-0.1, -0.05) is 13.0 Å². The van der Waals surface area contributed by atoms with Crippen molar-refractivity contribution in [1.82, 2.24) is 14.8 Å². The van der Waals surface area contributed by atoms with E-state index in [1.807, 2.05) is 30.9 Å². The average Bonchev–Trinajstić information content (AvgIpc) is 2.57. The zero-order valence-electron chi connectivity index (χ0n) is 14.4. The smallest absolute Gasteiger partial charge is 0.323 e. The van der Waals surface area contributed by atoms with Gasteiger partial charge in [-0.2, -0.15) is 0 Å². The molecule has 6 heteroatoms. The third-order valence-electron chi connectivity index (χ3n) is 4.24. The highest BCUT2D eigenvalue weighted by molar-refractivity contribution is 5.88. The molecule has 2 heterocycles. The van der Waals surface area contributed by atoms with Crippen molar-refractivity contribution >= 4 is 11.8 Å². The summed E-state index contributed by atoms with van der Waals surface area (Å²) in [5.74, 6) is 0.604. The number of amides is 2. The summed E-state index contributed by atoms with van der Waals surface area (Å²) >= 11 is 0. The first-order chi connectivity index (χ1) is 11.1. The van der Waals surface area contributed by atoms with E-state index in [0.717, 1.165) is 51.4 Å². The van der Waals surface area contributed by atoms with Gasteiger partial charge >= 0.3 is 6.03 Å². The molecule has 23 heavy (non-hydrogen) atoms. The lowest BCUT2D eigenvalue weighted by atomic mass is 10.1. The van der Waals surface area contributed by atoms with Crippen LogP contribution in [-0.4, -0.2) is 66.2 Å². The molecule has 1 aromatic heterocycles. The molecule has 1 aliphatic heterocycles. The number of carbonyl (C=O) groups is 1. The maximum Gasteiger partial charge on any atom is 0.323 e. The van der Waals surface area contributed by atoms with Gasteiger partial charge in [-0.3, -0.25) is 10.2 Å². The van der Waals surface area contributed by atoms with Gasteiger partial charge in [0.1, 0.15) is 5.82 Å². The van der Waals surface area contributed by atoms with Crippen LogP contribution < -0.4 is 5.32 Å². The van der Waals surface area contributed by atoms with Gasteiger partial charge in [0.25, 0.3) is 0 Å². The number of ether oxygens (including phenoxy) is 1. The van der Waals surface area contributed by atoms with Crippen molar-refractivity contribution in [2.24, 2.45) is 0 Å². The Morgan fingerprint density at radius 1 is 1.39 bits per heavy atom. The van der Waals surface area contributed by atoms with Crippen molar-refractivity contribution < 1.29 is 9.53 Å². The van der Waals surface area contributed by atoms with E-state index in [0.29, 0.717) is 11.9 Å². The van der Waals surface area contributed by atoms with Crippen LogP contribution in [0.2, 0.25) is 0 Å². The molecule has 1 aromatic rings. The number of rotatable bonds is 6. The van der Waals surface area contributed by atoms with Crippen LogP contribution in [0, 0.1) is 6.92 Å². The molecule has 0 radical (unpaired) electrons. The Balaban J connectivity index is 1.86. The van der Waals surface area contributed by atoms with Gasteiger partial charge in [0.2, 0.25) is 0 Å². The number of urea groups is 1. The number of aryl methyl sites for hydroxylation is 1. The summed E-state index contributed by atoms with van der Waals surface area (Å²) in [5.41, 5.74) is 1.08. The predicted molar refractivity (Wildman–Crippen MR) is 91.7 cm³/mol. The van der Waals surface area contributed by atoms with Gasteiger partial charge in [0.05, 0.1) is 6.61 Å². The van der Waals surface area contributed by atoms with E-state index in [1.165, 1.54) is 0 Å².